The van der Waals surface area contributed by atoms with E-state index in [0.717, 1.165) is 11.3 Å². The molecule has 5 rings (SSSR count). The summed E-state index contributed by atoms with van der Waals surface area (Å²) in [5.74, 6) is -1.02. The van der Waals surface area contributed by atoms with Crippen LogP contribution in [0.5, 0.6) is 0 Å². The third kappa shape index (κ3) is 3.86. The minimum Gasteiger partial charge on any atom is -0.478 e. The van der Waals surface area contributed by atoms with E-state index in [2.05, 4.69) is 25.1 Å². The number of carboxylic acid groups (broad SMARTS) is 1. The van der Waals surface area contributed by atoms with Gasteiger partial charge >= 0.3 is 5.97 Å². The highest BCUT2D eigenvalue weighted by atomic mass is 19.1. The molecule has 10 nitrogen and oxygen atoms in total. The van der Waals surface area contributed by atoms with E-state index in [4.69, 9.17) is 5.11 Å². The topological polar surface area (TPSA) is 122 Å². The van der Waals surface area contributed by atoms with Crippen LogP contribution in [-0.4, -0.2) is 59.9 Å². The number of fused-ring (bicyclic) bond motifs is 1. The average molecular weight is 451 g/mol. The van der Waals surface area contributed by atoms with E-state index in [9.17, 15) is 14.0 Å². The molecule has 11 heteroatoms. The molecule has 33 heavy (non-hydrogen) atoms. The number of piperidine rings is 1. The van der Waals surface area contributed by atoms with Gasteiger partial charge in [-0.1, -0.05) is 12.1 Å². The van der Waals surface area contributed by atoms with Gasteiger partial charge in [0.1, 0.15) is 11.7 Å². The Labute approximate surface area is 187 Å². The summed E-state index contributed by atoms with van der Waals surface area (Å²) in [4.78, 5) is 33.2. The number of carboxylic acids is 1. The zero-order valence-electron chi connectivity index (χ0n) is 17.8. The van der Waals surface area contributed by atoms with Crippen molar-refractivity contribution in [3.63, 3.8) is 0 Å². The maximum atomic E-state index is 13.4. The predicted molar refractivity (Wildman–Crippen MR) is 119 cm³/mol. The van der Waals surface area contributed by atoms with Crippen molar-refractivity contribution in [1.29, 1.82) is 0 Å². The zero-order chi connectivity index (χ0) is 23.1. The molecule has 0 aliphatic carbocycles. The van der Waals surface area contributed by atoms with Crippen LogP contribution < -0.4 is 10.5 Å². The van der Waals surface area contributed by atoms with E-state index in [0.29, 0.717) is 37.0 Å². The first-order valence-corrected chi connectivity index (χ1v) is 10.7. The highest BCUT2D eigenvalue weighted by Gasteiger charge is 2.20. The summed E-state index contributed by atoms with van der Waals surface area (Å²) in [7, 11) is 0. The van der Waals surface area contributed by atoms with Crippen LogP contribution in [0.2, 0.25) is 0 Å². The number of nitrogens with one attached hydrogen (secondary N) is 1. The number of hydrogen-bond acceptors (Lipinski definition) is 6. The van der Waals surface area contributed by atoms with E-state index >= 15 is 0 Å². The molecule has 1 aromatic carbocycles. The Hall–Kier alpha value is -4.02. The van der Waals surface area contributed by atoms with Gasteiger partial charge in [0.2, 0.25) is 5.95 Å². The largest absolute Gasteiger partial charge is 0.478 e. The van der Waals surface area contributed by atoms with E-state index in [1.807, 2.05) is 31.2 Å². The third-order valence-corrected chi connectivity index (χ3v) is 6.02. The molecule has 1 fully saturated rings. The van der Waals surface area contributed by atoms with Gasteiger partial charge < -0.3 is 10.0 Å². The molecule has 1 saturated heterocycles. The van der Waals surface area contributed by atoms with Crippen molar-refractivity contribution >= 4 is 22.7 Å². The normalized spacial score (nSPS) is 15.8. The van der Waals surface area contributed by atoms with Crippen molar-refractivity contribution < 1.29 is 14.3 Å². The summed E-state index contributed by atoms with van der Waals surface area (Å²) in [6.45, 7) is 3.34. The van der Waals surface area contributed by atoms with Crippen molar-refractivity contribution in [2.45, 2.75) is 32.0 Å². The van der Waals surface area contributed by atoms with Gasteiger partial charge in [-0.2, -0.15) is 10.2 Å². The quantitative estimate of drug-likeness (QED) is 0.478. The molecule has 1 unspecified atom stereocenters. The van der Waals surface area contributed by atoms with Crippen LogP contribution in [0.1, 0.15) is 41.7 Å². The minimum atomic E-state index is -1.12. The molecule has 4 heterocycles. The van der Waals surface area contributed by atoms with Gasteiger partial charge in [-0.3, -0.25) is 14.5 Å². The molecule has 4 aromatic rings. The number of nitrogens with zero attached hydrogens (tertiary/aromatic N) is 6. The smallest absolute Gasteiger partial charge is 0.338 e. The Morgan fingerprint density at radius 1 is 1.18 bits per heavy atom. The number of rotatable bonds is 5. The molecule has 1 aliphatic heterocycles. The Morgan fingerprint density at radius 2 is 1.91 bits per heavy atom. The summed E-state index contributed by atoms with van der Waals surface area (Å²) in [5.41, 5.74) is 2.28. The summed E-state index contributed by atoms with van der Waals surface area (Å²) in [6, 6.07) is 7.76. The van der Waals surface area contributed by atoms with E-state index in [1.165, 1.54) is 23.3 Å². The fourth-order valence-electron chi connectivity index (χ4n) is 4.12. The first kappa shape index (κ1) is 20.9. The number of hydrogen-bond donors (Lipinski definition) is 2. The van der Waals surface area contributed by atoms with Crippen molar-refractivity contribution in [3.05, 3.63) is 64.3 Å². The average Bonchev–Trinajstić information content (AvgIpc) is 3.47. The molecule has 0 bridgehead atoms. The van der Waals surface area contributed by atoms with Crippen LogP contribution in [0.15, 0.2) is 47.7 Å². The van der Waals surface area contributed by atoms with Gasteiger partial charge in [0.15, 0.2) is 5.52 Å². The summed E-state index contributed by atoms with van der Waals surface area (Å²) in [5, 5.41) is 17.4. The molecule has 170 valence electrons. The van der Waals surface area contributed by atoms with Crippen LogP contribution in [-0.2, 0) is 0 Å². The van der Waals surface area contributed by atoms with Crippen LogP contribution in [0.25, 0.3) is 17.0 Å². The molecule has 1 aliphatic rings. The first-order valence-electron chi connectivity index (χ1n) is 10.7. The number of alkyl halides is 1. The number of benzene rings is 1. The standard InChI is InChI=1S/C22H22FN7O3/c1-13(14-2-4-17(5-3-14)28-8-6-16(23)7-9-28)30-19-18(11-25-30)26-22(27-20(19)31)29-12-15(10-24-29)21(32)33/h2-5,10-13,16H,6-9H2,1H3,(H,32,33)(H,26,27,31). The second-order valence-electron chi connectivity index (χ2n) is 8.12. The Kier molecular flexibility index (Phi) is 5.15. The highest BCUT2D eigenvalue weighted by molar-refractivity contribution is 5.87. The number of aromatic carboxylic acids is 1. The monoisotopic (exact) mass is 451 g/mol. The van der Waals surface area contributed by atoms with Crippen LogP contribution >= 0.6 is 0 Å². The fourth-order valence-corrected chi connectivity index (χ4v) is 4.12. The van der Waals surface area contributed by atoms with Crippen molar-refractivity contribution in [1.82, 2.24) is 29.5 Å². The number of H-pyrrole nitrogens is 1. The molecule has 1 atom stereocenters. The first-order chi connectivity index (χ1) is 15.9. The lowest BCUT2D eigenvalue weighted by Gasteiger charge is -2.30. The van der Waals surface area contributed by atoms with Crippen LogP contribution in [0.4, 0.5) is 10.1 Å². The Bertz CT molecular complexity index is 1370. The van der Waals surface area contributed by atoms with Gasteiger partial charge in [-0.15, -0.1) is 0 Å². The van der Waals surface area contributed by atoms with Gasteiger partial charge in [-0.25, -0.2) is 18.9 Å². The van der Waals surface area contributed by atoms with Crippen LogP contribution in [0, 0.1) is 0 Å². The van der Waals surface area contributed by atoms with Gasteiger partial charge in [-0.05, 0) is 37.5 Å². The highest BCUT2D eigenvalue weighted by Crippen LogP contribution is 2.26. The number of carbonyl (C=O) groups is 1. The lowest BCUT2D eigenvalue weighted by atomic mass is 10.1. The van der Waals surface area contributed by atoms with Gasteiger partial charge in [0, 0.05) is 25.0 Å². The fraction of sp³-hybridized carbons (Fsp3) is 0.318. The molecule has 0 saturated carbocycles. The maximum Gasteiger partial charge on any atom is 0.338 e. The SMILES string of the molecule is CC(c1ccc(N2CCC(F)CC2)cc1)n1ncc2nc(-n3cc(C(=O)O)cn3)[nH]c(=O)c21. The molecule has 0 spiro atoms. The Balaban J connectivity index is 1.42. The molecule has 0 radical (unpaired) electrons. The number of anilines is 1. The molecule has 3 aromatic heterocycles. The summed E-state index contributed by atoms with van der Waals surface area (Å²) >= 11 is 0. The second-order valence-corrected chi connectivity index (χ2v) is 8.12. The summed E-state index contributed by atoms with van der Waals surface area (Å²) < 4.78 is 16.2. The van der Waals surface area contributed by atoms with Gasteiger partial charge in [0.25, 0.3) is 5.56 Å². The van der Waals surface area contributed by atoms with Crippen molar-refractivity contribution in [2.24, 2.45) is 0 Å². The molecule has 2 N–H and O–H groups in total. The molecule has 0 amide bonds. The summed E-state index contributed by atoms with van der Waals surface area (Å²) in [6.07, 6.45) is 4.34. The lowest BCUT2D eigenvalue weighted by Crippen LogP contribution is -2.34. The van der Waals surface area contributed by atoms with E-state index in [1.54, 1.807) is 4.68 Å². The second kappa shape index (κ2) is 8.15. The number of halogens is 1. The minimum absolute atomic E-state index is 0.0143. The van der Waals surface area contributed by atoms with E-state index in [-0.39, 0.29) is 17.6 Å². The molecular formula is C22H22FN7O3. The maximum absolute atomic E-state index is 13.4. The Morgan fingerprint density at radius 3 is 2.58 bits per heavy atom. The van der Waals surface area contributed by atoms with Crippen LogP contribution in [0.3, 0.4) is 0 Å². The van der Waals surface area contributed by atoms with Crippen molar-refractivity contribution in [3.8, 4) is 5.95 Å². The lowest BCUT2D eigenvalue weighted by molar-refractivity contribution is 0.0697. The number of aromatic nitrogens is 6. The molecular weight excluding hydrogens is 429 g/mol. The predicted octanol–water partition coefficient (Wildman–Crippen LogP) is 2.55. The van der Waals surface area contributed by atoms with Gasteiger partial charge in [0.05, 0.1) is 24.0 Å². The van der Waals surface area contributed by atoms with Crippen molar-refractivity contribution in [2.75, 3.05) is 18.0 Å². The van der Waals surface area contributed by atoms with E-state index < -0.39 is 17.7 Å². The number of aromatic amines is 1. The third-order valence-electron chi connectivity index (χ3n) is 6.02. The zero-order valence-corrected chi connectivity index (χ0v) is 17.8.